The lowest BCUT2D eigenvalue weighted by atomic mass is 9.94. The van der Waals surface area contributed by atoms with Crippen molar-refractivity contribution < 1.29 is 61.3 Å². The van der Waals surface area contributed by atoms with Crippen molar-refractivity contribution in [1.82, 2.24) is 9.97 Å². The van der Waals surface area contributed by atoms with Crippen LogP contribution in [0, 0.1) is 0 Å². The average Bonchev–Trinajstić information content (AvgIpc) is 2.85. The van der Waals surface area contributed by atoms with E-state index < -0.39 is 85.4 Å². The highest BCUT2D eigenvalue weighted by Gasteiger charge is 2.57. The second-order valence-corrected chi connectivity index (χ2v) is 15.0. The molecule has 3 aliphatic rings. The minimum absolute atomic E-state index is 0.175. The minimum atomic E-state index is -4.02. The van der Waals surface area contributed by atoms with E-state index in [1.54, 1.807) is 62.3 Å². The Balaban J connectivity index is 1.84. The number of hydrogen-bond donors (Lipinski definition) is 3. The molecule has 6 atom stereocenters. The number of aromatic nitrogens is 2. The van der Waals surface area contributed by atoms with Crippen LogP contribution >= 0.6 is 7.82 Å². The Morgan fingerprint density at radius 2 is 1.62 bits per heavy atom. The first-order valence-corrected chi connectivity index (χ1v) is 15.5. The number of aliphatic hydroxyl groups excluding tert-OH is 1. The first-order valence-electron chi connectivity index (χ1n) is 14.0. The van der Waals surface area contributed by atoms with E-state index in [4.69, 9.17) is 37.3 Å². The summed E-state index contributed by atoms with van der Waals surface area (Å²) in [4.78, 5) is 48.6. The zero-order valence-corrected chi connectivity index (χ0v) is 27.6. The fourth-order valence-electron chi connectivity index (χ4n) is 4.41. The number of carbonyl (C=O) groups excluding carboxylic acids is 3. The molecule has 0 aromatic carbocycles. The molecule has 0 spiro atoms. The molecule has 6 unspecified atom stereocenters. The molecule has 2 fully saturated rings. The van der Waals surface area contributed by atoms with E-state index in [1.165, 1.54) is 0 Å². The van der Waals surface area contributed by atoms with Crippen molar-refractivity contribution >= 4 is 43.6 Å². The van der Waals surface area contributed by atoms with Crippen LogP contribution in [0.5, 0.6) is 5.88 Å². The molecular formula is C26H40N5O13P. The van der Waals surface area contributed by atoms with Gasteiger partial charge in [0, 0.05) is 7.11 Å². The van der Waals surface area contributed by atoms with Crippen LogP contribution in [0.4, 0.5) is 31.8 Å². The molecular weight excluding hydrogens is 621 g/mol. The molecule has 0 aliphatic carbocycles. The normalized spacial score (nSPS) is 28.0. The van der Waals surface area contributed by atoms with E-state index in [1.807, 2.05) is 0 Å². The molecule has 0 saturated carbocycles. The predicted octanol–water partition coefficient (Wildman–Crippen LogP) is 3.93. The van der Waals surface area contributed by atoms with Gasteiger partial charge in [0.15, 0.2) is 12.0 Å². The highest BCUT2D eigenvalue weighted by molar-refractivity contribution is 7.48. The predicted molar refractivity (Wildman–Crippen MR) is 155 cm³/mol. The van der Waals surface area contributed by atoms with Gasteiger partial charge in [-0.05, 0) is 62.3 Å². The first kappa shape index (κ1) is 34.6. The maximum atomic E-state index is 13.8. The highest BCUT2D eigenvalue weighted by Crippen LogP contribution is 2.55. The van der Waals surface area contributed by atoms with Gasteiger partial charge in [0.05, 0.1) is 6.61 Å². The third kappa shape index (κ3) is 8.31. The number of nitrogens with one attached hydrogen (secondary N) is 2. The molecule has 4 heterocycles. The van der Waals surface area contributed by atoms with Gasteiger partial charge in [-0.3, -0.25) is 18.9 Å². The minimum Gasteiger partial charge on any atom is -0.444 e. The van der Waals surface area contributed by atoms with Crippen LogP contribution < -0.4 is 20.3 Å². The Morgan fingerprint density at radius 1 is 1.00 bits per heavy atom. The molecule has 1 aromatic rings. The molecule has 2 amide bonds. The van der Waals surface area contributed by atoms with Crippen molar-refractivity contribution in [2.75, 3.05) is 29.3 Å². The van der Waals surface area contributed by atoms with Gasteiger partial charge in [-0.25, -0.2) is 23.8 Å². The molecule has 18 nitrogen and oxygen atoms in total. The molecule has 1 aromatic heterocycles. The number of fused-ring (bicyclic) bond motifs is 3. The number of anilines is 3. The van der Waals surface area contributed by atoms with Crippen LogP contribution in [0.15, 0.2) is 0 Å². The molecule has 3 aliphatic heterocycles. The maximum absolute atomic E-state index is 13.8. The Kier molecular flexibility index (Phi) is 9.34. The third-order valence-corrected chi connectivity index (χ3v) is 7.40. The van der Waals surface area contributed by atoms with Gasteiger partial charge in [0.1, 0.15) is 46.8 Å². The summed E-state index contributed by atoms with van der Waals surface area (Å²) in [5.74, 6) is -1.16. The van der Waals surface area contributed by atoms with Crippen molar-refractivity contribution in [2.45, 2.75) is 110 Å². The van der Waals surface area contributed by atoms with Crippen molar-refractivity contribution in [3.05, 3.63) is 0 Å². The number of rotatable bonds is 3. The van der Waals surface area contributed by atoms with Crippen LogP contribution in [-0.2, 0) is 37.1 Å². The average molecular weight is 662 g/mol. The zero-order chi connectivity index (χ0) is 33.7. The molecule has 3 N–H and O–H groups in total. The van der Waals surface area contributed by atoms with E-state index in [0.29, 0.717) is 0 Å². The third-order valence-electron chi connectivity index (χ3n) is 5.99. The van der Waals surface area contributed by atoms with Crippen LogP contribution in [0.2, 0.25) is 0 Å². The van der Waals surface area contributed by atoms with Crippen molar-refractivity contribution in [2.24, 2.45) is 0 Å². The number of phosphoric acid groups is 1. The van der Waals surface area contributed by atoms with Gasteiger partial charge in [0.2, 0.25) is 5.95 Å². The van der Waals surface area contributed by atoms with Gasteiger partial charge in [-0.1, -0.05) is 0 Å². The number of phosphoric ester groups is 1. The smallest absolute Gasteiger partial charge is 0.444 e. The lowest BCUT2D eigenvalue weighted by molar-refractivity contribution is -0.198. The summed E-state index contributed by atoms with van der Waals surface area (Å²) in [7, 11) is -2.89. The summed E-state index contributed by atoms with van der Waals surface area (Å²) >= 11 is 0. The fraction of sp³-hybridized carbons (Fsp3) is 0.731. The maximum Gasteiger partial charge on any atom is 0.515 e. The quantitative estimate of drug-likeness (QED) is 0.238. The number of nitrogens with zero attached hydrogens (tertiary/aromatic N) is 3. The highest BCUT2D eigenvalue weighted by atomic mass is 31.2. The largest absolute Gasteiger partial charge is 0.515 e. The van der Waals surface area contributed by atoms with Gasteiger partial charge in [-0.2, -0.15) is 9.97 Å². The van der Waals surface area contributed by atoms with Crippen molar-refractivity contribution in [3.8, 4) is 5.88 Å². The number of amides is 2. The number of aliphatic hydroxyl groups is 1. The number of hydrogen-bond acceptors (Lipinski definition) is 16. The summed E-state index contributed by atoms with van der Waals surface area (Å²) in [5.41, 5.74) is -3.02. The fourth-order valence-corrected chi connectivity index (χ4v) is 5.55. The van der Waals surface area contributed by atoms with Gasteiger partial charge in [0.25, 0.3) is 5.88 Å². The molecule has 0 radical (unpaired) electrons. The monoisotopic (exact) mass is 661 g/mol. The molecule has 45 heavy (non-hydrogen) atoms. The number of carbonyl (C=O) groups is 3. The molecule has 252 valence electrons. The Labute approximate surface area is 259 Å². The Bertz CT molecular complexity index is 1370. The van der Waals surface area contributed by atoms with Crippen LogP contribution in [0.1, 0.15) is 62.3 Å². The topological polar surface area (TPSA) is 215 Å². The lowest BCUT2D eigenvalue weighted by Gasteiger charge is -2.51. The summed E-state index contributed by atoms with van der Waals surface area (Å²) in [6.07, 6.45) is -8.19. The Hall–Kier alpha value is -3.28. The van der Waals surface area contributed by atoms with Crippen LogP contribution in [-0.4, -0.2) is 94.5 Å². The molecule has 0 bridgehead atoms. The standard InChI is InChI=1S/C26H40N5O13P/c1-24(2,3)41-21(33)30-20-28-17-14(18(29-20)40-23(35)43-26(7,8)9)27-13-15(32)16-12(11-38-45(36,37-10)44-16)39-19(13)31(17)22(34)42-25(4,5)6/h12-13,15-16,19,27,32H,11H2,1-10H3,(H,28,29,30,33). The van der Waals surface area contributed by atoms with E-state index in [9.17, 15) is 24.1 Å². The summed E-state index contributed by atoms with van der Waals surface area (Å²) in [6, 6.07) is -1.22. The van der Waals surface area contributed by atoms with E-state index in [0.717, 1.165) is 12.0 Å². The summed E-state index contributed by atoms with van der Waals surface area (Å²) in [5, 5.41) is 16.8. The van der Waals surface area contributed by atoms with E-state index in [-0.39, 0.29) is 18.1 Å². The lowest BCUT2D eigenvalue weighted by Crippen LogP contribution is -2.69. The molecule has 4 rings (SSSR count). The summed E-state index contributed by atoms with van der Waals surface area (Å²) in [6.45, 7) is 14.4. The van der Waals surface area contributed by atoms with E-state index in [2.05, 4.69) is 20.6 Å². The van der Waals surface area contributed by atoms with Gasteiger partial charge < -0.3 is 34.1 Å². The zero-order valence-electron chi connectivity index (χ0n) is 26.7. The SMILES string of the molecule is COP1(=O)OCC2OC3C(Nc4c(OC(=O)OC(C)(C)C)nc(NC(=O)OC(C)(C)C)nc4N3C(=O)OC(C)(C)C)C(O)C2O1. The summed E-state index contributed by atoms with van der Waals surface area (Å²) < 4.78 is 56.1. The van der Waals surface area contributed by atoms with Crippen molar-refractivity contribution in [3.63, 3.8) is 0 Å². The number of ether oxygens (including phenoxy) is 5. The first-order chi connectivity index (χ1) is 20.6. The second kappa shape index (κ2) is 12.1. The van der Waals surface area contributed by atoms with Crippen molar-refractivity contribution in [1.29, 1.82) is 0 Å². The molecule has 19 heteroatoms. The van der Waals surface area contributed by atoms with E-state index >= 15 is 0 Å². The van der Waals surface area contributed by atoms with Crippen LogP contribution in [0.25, 0.3) is 0 Å². The van der Waals surface area contributed by atoms with Gasteiger partial charge in [-0.15, -0.1) is 0 Å². The molecule has 2 saturated heterocycles. The van der Waals surface area contributed by atoms with Gasteiger partial charge >= 0.3 is 26.2 Å². The Morgan fingerprint density at radius 3 is 2.20 bits per heavy atom. The second-order valence-electron chi connectivity index (χ2n) is 13.3. The van der Waals surface area contributed by atoms with Crippen LogP contribution in [0.3, 0.4) is 0 Å².